The molecule has 0 saturated carbocycles. The third-order valence-electron chi connectivity index (χ3n) is 4.74. The van der Waals surface area contributed by atoms with Crippen LogP contribution in [0.2, 0.25) is 0 Å². The molecular weight excluding hydrogens is 296 g/mol. The van der Waals surface area contributed by atoms with E-state index in [0.717, 1.165) is 38.0 Å². The maximum absolute atomic E-state index is 13.3. The van der Waals surface area contributed by atoms with Gasteiger partial charge in [-0.15, -0.1) is 0 Å². The quantitative estimate of drug-likeness (QED) is 0.844. The zero-order chi connectivity index (χ0) is 16.9. The van der Waals surface area contributed by atoms with Crippen molar-refractivity contribution in [1.82, 2.24) is 9.80 Å². The minimum atomic E-state index is -0.177. The van der Waals surface area contributed by atoms with Crippen molar-refractivity contribution in [2.45, 2.75) is 18.8 Å². The maximum atomic E-state index is 13.3. The fraction of sp³-hybridized carbons (Fsp3) is 0.381. The highest BCUT2D eigenvalue weighted by Gasteiger charge is 2.31. The van der Waals surface area contributed by atoms with E-state index in [1.54, 1.807) is 0 Å². The number of rotatable bonds is 5. The molecule has 3 nitrogen and oxygen atoms in total. The van der Waals surface area contributed by atoms with Crippen LogP contribution < -0.4 is 0 Å². The van der Waals surface area contributed by atoms with Crippen molar-refractivity contribution in [2.24, 2.45) is 0 Å². The van der Waals surface area contributed by atoms with E-state index in [1.165, 1.54) is 11.1 Å². The van der Waals surface area contributed by atoms with Crippen LogP contribution in [0.3, 0.4) is 0 Å². The monoisotopic (exact) mass is 322 g/mol. The van der Waals surface area contributed by atoms with Crippen LogP contribution >= 0.6 is 0 Å². The van der Waals surface area contributed by atoms with Crippen LogP contribution in [-0.4, -0.2) is 49.4 Å². The van der Waals surface area contributed by atoms with E-state index in [2.05, 4.69) is 54.2 Å². The van der Waals surface area contributed by atoms with Gasteiger partial charge in [0, 0.05) is 13.1 Å². The highest BCUT2D eigenvalue weighted by molar-refractivity contribution is 5.88. The number of carbonyl (C=O) groups is 1. The molecule has 1 aliphatic rings. The number of fused-ring (bicyclic) bond motifs is 1. The Balaban J connectivity index is 1.91. The van der Waals surface area contributed by atoms with Gasteiger partial charge < -0.3 is 9.80 Å². The lowest BCUT2D eigenvalue weighted by Crippen LogP contribution is -2.36. The van der Waals surface area contributed by atoms with Gasteiger partial charge in [0.2, 0.25) is 5.91 Å². The van der Waals surface area contributed by atoms with Crippen molar-refractivity contribution in [2.75, 3.05) is 33.7 Å². The number of carbonyl (C=O) groups excluding carboxylic acids is 1. The van der Waals surface area contributed by atoms with E-state index in [1.807, 2.05) is 24.3 Å². The number of nitrogens with zero attached hydrogens (tertiary/aromatic N) is 2. The largest absolute Gasteiger partial charge is 0.341 e. The third-order valence-corrected chi connectivity index (χ3v) is 4.74. The van der Waals surface area contributed by atoms with Crippen molar-refractivity contribution < 1.29 is 4.79 Å². The van der Waals surface area contributed by atoms with E-state index in [4.69, 9.17) is 0 Å². The van der Waals surface area contributed by atoms with Gasteiger partial charge in [-0.2, -0.15) is 0 Å². The Labute approximate surface area is 144 Å². The lowest BCUT2D eigenvalue weighted by Gasteiger charge is -2.25. The van der Waals surface area contributed by atoms with E-state index in [-0.39, 0.29) is 11.8 Å². The summed E-state index contributed by atoms with van der Waals surface area (Å²) in [7, 11) is 4.15. The van der Waals surface area contributed by atoms with Crippen LogP contribution in [0.25, 0.3) is 0 Å². The van der Waals surface area contributed by atoms with Gasteiger partial charge in [-0.05, 0) is 50.2 Å². The number of hydrogen-bond acceptors (Lipinski definition) is 2. The minimum absolute atomic E-state index is 0.177. The van der Waals surface area contributed by atoms with Crippen LogP contribution in [0, 0.1) is 0 Å². The summed E-state index contributed by atoms with van der Waals surface area (Å²) in [6, 6.07) is 18.6. The molecule has 2 aromatic carbocycles. The Morgan fingerprint density at radius 2 is 1.75 bits per heavy atom. The summed E-state index contributed by atoms with van der Waals surface area (Å²) in [5.74, 6) is 0.0640. The van der Waals surface area contributed by atoms with Crippen molar-refractivity contribution in [3.05, 3.63) is 71.3 Å². The second-order valence-electron chi connectivity index (χ2n) is 6.77. The first kappa shape index (κ1) is 16.7. The molecule has 0 spiro atoms. The van der Waals surface area contributed by atoms with Crippen molar-refractivity contribution in [3.63, 3.8) is 0 Å². The molecule has 3 heteroatoms. The predicted molar refractivity (Wildman–Crippen MR) is 98.2 cm³/mol. The Morgan fingerprint density at radius 1 is 1.04 bits per heavy atom. The smallest absolute Gasteiger partial charge is 0.234 e. The summed E-state index contributed by atoms with van der Waals surface area (Å²) in [5, 5.41) is 0. The standard InChI is InChI=1S/C21H26N2O/c1-22(2)14-8-15-23-16-13-17-9-6-7-12-19(17)20(21(23)24)18-10-4-3-5-11-18/h3-7,9-12,20H,8,13-16H2,1-2H3. The lowest BCUT2D eigenvalue weighted by atomic mass is 9.87. The highest BCUT2D eigenvalue weighted by Crippen LogP contribution is 2.32. The van der Waals surface area contributed by atoms with Gasteiger partial charge in [0.15, 0.2) is 0 Å². The molecule has 0 bridgehead atoms. The minimum Gasteiger partial charge on any atom is -0.341 e. The second-order valence-corrected chi connectivity index (χ2v) is 6.77. The molecule has 1 heterocycles. The van der Waals surface area contributed by atoms with E-state index in [9.17, 15) is 4.79 Å². The molecule has 1 aliphatic heterocycles. The van der Waals surface area contributed by atoms with Crippen molar-refractivity contribution in [1.29, 1.82) is 0 Å². The summed E-state index contributed by atoms with van der Waals surface area (Å²) in [5.41, 5.74) is 3.56. The third kappa shape index (κ3) is 3.68. The normalized spacial score (nSPS) is 17.7. The van der Waals surface area contributed by atoms with Crippen LogP contribution in [0.4, 0.5) is 0 Å². The van der Waals surface area contributed by atoms with Crippen molar-refractivity contribution >= 4 is 5.91 Å². The number of amides is 1. The molecule has 3 rings (SSSR count). The molecule has 1 atom stereocenters. The zero-order valence-electron chi connectivity index (χ0n) is 14.6. The molecule has 24 heavy (non-hydrogen) atoms. The average Bonchev–Trinajstić information content (AvgIpc) is 2.72. The van der Waals surface area contributed by atoms with Crippen LogP contribution in [-0.2, 0) is 11.2 Å². The molecule has 0 saturated heterocycles. The van der Waals surface area contributed by atoms with E-state index >= 15 is 0 Å². The molecule has 0 radical (unpaired) electrons. The van der Waals surface area contributed by atoms with Gasteiger partial charge in [0.05, 0.1) is 5.92 Å². The Hall–Kier alpha value is -2.13. The molecule has 2 aromatic rings. The molecule has 0 aliphatic carbocycles. The van der Waals surface area contributed by atoms with E-state index in [0.29, 0.717) is 0 Å². The number of benzene rings is 2. The topological polar surface area (TPSA) is 23.6 Å². The molecular formula is C21H26N2O. The van der Waals surface area contributed by atoms with Crippen LogP contribution in [0.5, 0.6) is 0 Å². The zero-order valence-corrected chi connectivity index (χ0v) is 14.6. The SMILES string of the molecule is CN(C)CCCN1CCc2ccccc2C(c2ccccc2)C1=O. The highest BCUT2D eigenvalue weighted by atomic mass is 16.2. The summed E-state index contributed by atoms with van der Waals surface area (Å²) in [4.78, 5) is 17.5. The summed E-state index contributed by atoms with van der Waals surface area (Å²) in [6.07, 6.45) is 1.95. The summed E-state index contributed by atoms with van der Waals surface area (Å²) < 4.78 is 0. The first-order valence-corrected chi connectivity index (χ1v) is 8.73. The molecule has 0 fully saturated rings. The van der Waals surface area contributed by atoms with Gasteiger partial charge in [0.25, 0.3) is 0 Å². The van der Waals surface area contributed by atoms with Gasteiger partial charge in [-0.1, -0.05) is 54.6 Å². The predicted octanol–water partition coefficient (Wildman–Crippen LogP) is 3.15. The fourth-order valence-corrected chi connectivity index (χ4v) is 3.49. The summed E-state index contributed by atoms with van der Waals surface area (Å²) in [6.45, 7) is 2.65. The summed E-state index contributed by atoms with van der Waals surface area (Å²) >= 11 is 0. The molecule has 1 amide bonds. The Morgan fingerprint density at radius 3 is 2.50 bits per heavy atom. The number of hydrogen-bond donors (Lipinski definition) is 0. The molecule has 0 aromatic heterocycles. The van der Waals surface area contributed by atoms with Gasteiger partial charge in [-0.3, -0.25) is 4.79 Å². The average molecular weight is 322 g/mol. The Kier molecular flexibility index (Phi) is 5.31. The molecule has 0 N–H and O–H groups in total. The fourth-order valence-electron chi connectivity index (χ4n) is 3.49. The van der Waals surface area contributed by atoms with Crippen molar-refractivity contribution in [3.8, 4) is 0 Å². The van der Waals surface area contributed by atoms with E-state index < -0.39 is 0 Å². The Bertz CT molecular complexity index is 681. The first-order valence-electron chi connectivity index (χ1n) is 8.73. The van der Waals surface area contributed by atoms with Gasteiger partial charge in [0.1, 0.15) is 0 Å². The molecule has 1 unspecified atom stereocenters. The van der Waals surface area contributed by atoms with Crippen LogP contribution in [0.15, 0.2) is 54.6 Å². The van der Waals surface area contributed by atoms with Crippen LogP contribution in [0.1, 0.15) is 29.0 Å². The van der Waals surface area contributed by atoms with Gasteiger partial charge in [-0.25, -0.2) is 0 Å². The molecule has 126 valence electrons. The first-order chi connectivity index (χ1) is 11.7. The lowest BCUT2D eigenvalue weighted by molar-refractivity contribution is -0.131. The second kappa shape index (κ2) is 7.63. The van der Waals surface area contributed by atoms with Gasteiger partial charge >= 0.3 is 0 Å². The maximum Gasteiger partial charge on any atom is 0.234 e.